The summed E-state index contributed by atoms with van der Waals surface area (Å²) in [5.74, 6) is -0.161. The Labute approximate surface area is 228 Å². The van der Waals surface area contributed by atoms with Crippen LogP contribution in [0, 0.1) is 5.92 Å². The molecule has 0 spiro atoms. The van der Waals surface area contributed by atoms with E-state index in [0.717, 1.165) is 16.8 Å². The Morgan fingerprint density at radius 1 is 1.10 bits per heavy atom. The maximum atomic E-state index is 13.6. The standard InChI is InChI=1S/C29H35N7O3/c1-6-24(37)30-21-14-12-20(13-15-21)28(38)32-27-22-16-36(26(18(2)3)25(22)33-34-27)29(39)31-23(17-35(4)5)19-10-8-7-9-11-19/h6-15,18,23,26H,1,16-17H2,2-5H3,(H,30,37)(H,31,39)(H2,32,33,34,38)/t23?,26-/m1/s1. The molecule has 0 saturated carbocycles. The van der Waals surface area contributed by atoms with E-state index >= 15 is 0 Å². The first-order valence-corrected chi connectivity index (χ1v) is 12.9. The molecular weight excluding hydrogens is 494 g/mol. The minimum atomic E-state index is -0.343. The monoisotopic (exact) mass is 529 g/mol. The number of likely N-dealkylation sites (N-methyl/N-ethyl adjacent to an activating group) is 1. The van der Waals surface area contributed by atoms with Gasteiger partial charge < -0.3 is 25.8 Å². The fourth-order valence-electron chi connectivity index (χ4n) is 4.80. The summed E-state index contributed by atoms with van der Waals surface area (Å²) in [6, 6.07) is 15.8. The first-order chi connectivity index (χ1) is 18.7. The van der Waals surface area contributed by atoms with Gasteiger partial charge in [-0.15, -0.1) is 0 Å². The second-order valence-electron chi connectivity index (χ2n) is 10.2. The summed E-state index contributed by atoms with van der Waals surface area (Å²) in [6.45, 7) is 8.50. The van der Waals surface area contributed by atoms with Crippen LogP contribution in [0.25, 0.3) is 0 Å². The highest BCUT2D eigenvalue weighted by atomic mass is 16.2. The van der Waals surface area contributed by atoms with Gasteiger partial charge in [-0.2, -0.15) is 5.10 Å². The fraction of sp³-hybridized carbons (Fsp3) is 0.310. The highest BCUT2D eigenvalue weighted by Gasteiger charge is 2.40. The zero-order valence-electron chi connectivity index (χ0n) is 22.7. The predicted molar refractivity (Wildman–Crippen MR) is 151 cm³/mol. The number of amides is 4. The molecule has 10 heteroatoms. The van der Waals surface area contributed by atoms with Crippen LogP contribution in [-0.4, -0.2) is 58.5 Å². The SMILES string of the molecule is C=CC(=O)Nc1ccc(C(=O)Nc2n[nH]c3c2CN(C(=O)NC(CN(C)C)c2ccccc2)[C@@H]3C(C)C)cc1. The van der Waals surface area contributed by atoms with Gasteiger partial charge >= 0.3 is 6.03 Å². The van der Waals surface area contributed by atoms with Gasteiger partial charge in [0.15, 0.2) is 5.82 Å². The molecule has 0 aliphatic carbocycles. The van der Waals surface area contributed by atoms with E-state index in [0.29, 0.717) is 30.2 Å². The largest absolute Gasteiger partial charge is 0.330 e. The summed E-state index contributed by atoms with van der Waals surface area (Å²) in [6.07, 6.45) is 1.18. The summed E-state index contributed by atoms with van der Waals surface area (Å²) >= 11 is 0. The molecule has 0 saturated heterocycles. The van der Waals surface area contributed by atoms with Crippen LogP contribution >= 0.6 is 0 Å². The lowest BCUT2D eigenvalue weighted by Gasteiger charge is -2.31. The lowest BCUT2D eigenvalue weighted by Crippen LogP contribution is -2.44. The minimum absolute atomic E-state index is 0.114. The molecule has 1 aromatic heterocycles. The van der Waals surface area contributed by atoms with Crippen LogP contribution in [0.4, 0.5) is 16.3 Å². The third kappa shape index (κ3) is 6.35. The van der Waals surface area contributed by atoms with E-state index in [1.807, 2.05) is 49.3 Å². The zero-order valence-corrected chi connectivity index (χ0v) is 22.7. The normalized spacial score (nSPS) is 15.1. The first kappa shape index (κ1) is 27.6. The molecular formula is C29H35N7O3. The van der Waals surface area contributed by atoms with Crippen molar-refractivity contribution >= 4 is 29.4 Å². The fourth-order valence-corrected chi connectivity index (χ4v) is 4.80. The number of fused-ring (bicyclic) bond motifs is 1. The number of anilines is 2. The van der Waals surface area contributed by atoms with Gasteiger partial charge in [-0.1, -0.05) is 50.8 Å². The van der Waals surface area contributed by atoms with Crippen molar-refractivity contribution in [1.82, 2.24) is 25.3 Å². The molecule has 0 radical (unpaired) electrons. The highest BCUT2D eigenvalue weighted by Crippen LogP contribution is 2.40. The van der Waals surface area contributed by atoms with Gasteiger partial charge in [-0.25, -0.2) is 4.79 Å². The smallest absolute Gasteiger partial charge is 0.318 e. The Hall–Kier alpha value is -4.44. The summed E-state index contributed by atoms with van der Waals surface area (Å²) < 4.78 is 0. The molecule has 39 heavy (non-hydrogen) atoms. The van der Waals surface area contributed by atoms with Crippen molar-refractivity contribution in [3.63, 3.8) is 0 Å². The van der Waals surface area contributed by atoms with E-state index in [1.165, 1.54) is 6.08 Å². The van der Waals surface area contributed by atoms with Gasteiger partial charge in [-0.3, -0.25) is 14.7 Å². The quantitative estimate of drug-likeness (QED) is 0.308. The predicted octanol–water partition coefficient (Wildman–Crippen LogP) is 4.31. The number of nitrogens with zero attached hydrogens (tertiary/aromatic N) is 3. The van der Waals surface area contributed by atoms with Crippen LogP contribution in [0.1, 0.15) is 53.1 Å². The number of rotatable bonds is 9. The average Bonchev–Trinajstić information content (AvgIpc) is 3.48. The lowest BCUT2D eigenvalue weighted by molar-refractivity contribution is -0.111. The Morgan fingerprint density at radius 2 is 1.79 bits per heavy atom. The maximum Gasteiger partial charge on any atom is 0.318 e. The van der Waals surface area contributed by atoms with Gasteiger partial charge in [0, 0.05) is 23.4 Å². The lowest BCUT2D eigenvalue weighted by atomic mass is 10.0. The Bertz CT molecular complexity index is 1330. The molecule has 4 amide bonds. The van der Waals surface area contributed by atoms with Crippen molar-refractivity contribution in [2.24, 2.45) is 5.92 Å². The van der Waals surface area contributed by atoms with Gasteiger partial charge in [-0.05, 0) is 55.9 Å². The van der Waals surface area contributed by atoms with E-state index in [9.17, 15) is 14.4 Å². The molecule has 0 fully saturated rings. The summed E-state index contributed by atoms with van der Waals surface area (Å²) in [5, 5.41) is 16.2. The second-order valence-corrected chi connectivity index (χ2v) is 10.2. The van der Waals surface area contributed by atoms with E-state index in [1.54, 1.807) is 29.2 Å². The Balaban J connectivity index is 1.50. The summed E-state index contributed by atoms with van der Waals surface area (Å²) in [7, 11) is 3.95. The van der Waals surface area contributed by atoms with Gasteiger partial charge in [0.2, 0.25) is 5.91 Å². The topological polar surface area (TPSA) is 122 Å². The number of benzene rings is 2. The van der Waals surface area contributed by atoms with Crippen molar-refractivity contribution in [2.45, 2.75) is 32.5 Å². The molecule has 1 aliphatic heterocycles. The molecule has 1 unspecified atom stereocenters. The maximum absolute atomic E-state index is 13.6. The summed E-state index contributed by atoms with van der Waals surface area (Å²) in [5.41, 5.74) is 3.60. The van der Waals surface area contributed by atoms with E-state index in [-0.39, 0.29) is 35.8 Å². The number of H-pyrrole nitrogens is 1. The number of hydrogen-bond acceptors (Lipinski definition) is 5. The molecule has 1 aliphatic rings. The third-order valence-corrected chi connectivity index (χ3v) is 6.63. The van der Waals surface area contributed by atoms with Crippen LogP contribution in [0.3, 0.4) is 0 Å². The van der Waals surface area contributed by atoms with Crippen molar-refractivity contribution in [3.05, 3.63) is 89.6 Å². The van der Waals surface area contributed by atoms with E-state index < -0.39 is 0 Å². The van der Waals surface area contributed by atoms with Crippen LogP contribution in [0.2, 0.25) is 0 Å². The molecule has 2 aromatic carbocycles. The van der Waals surface area contributed by atoms with Crippen LogP contribution < -0.4 is 16.0 Å². The number of urea groups is 1. The van der Waals surface area contributed by atoms with E-state index in [2.05, 4.69) is 46.6 Å². The molecule has 2 heterocycles. The first-order valence-electron chi connectivity index (χ1n) is 12.9. The number of hydrogen-bond donors (Lipinski definition) is 4. The number of aromatic nitrogens is 2. The number of nitrogens with one attached hydrogen (secondary N) is 4. The number of carbonyl (C=O) groups is 3. The second kappa shape index (κ2) is 12.0. The minimum Gasteiger partial charge on any atom is -0.330 e. The molecule has 10 nitrogen and oxygen atoms in total. The van der Waals surface area contributed by atoms with Gasteiger partial charge in [0.05, 0.1) is 24.3 Å². The van der Waals surface area contributed by atoms with Crippen molar-refractivity contribution in [1.29, 1.82) is 0 Å². The average molecular weight is 530 g/mol. The van der Waals surface area contributed by atoms with Crippen molar-refractivity contribution < 1.29 is 14.4 Å². The molecule has 204 valence electrons. The van der Waals surface area contributed by atoms with Crippen molar-refractivity contribution in [3.8, 4) is 0 Å². The third-order valence-electron chi connectivity index (χ3n) is 6.63. The molecule has 4 rings (SSSR count). The van der Waals surface area contributed by atoms with Crippen LogP contribution in [0.5, 0.6) is 0 Å². The van der Waals surface area contributed by atoms with Crippen LogP contribution in [0.15, 0.2) is 67.3 Å². The molecule has 2 atom stereocenters. The molecule has 0 bridgehead atoms. The van der Waals surface area contributed by atoms with Crippen LogP contribution in [-0.2, 0) is 11.3 Å². The van der Waals surface area contributed by atoms with Gasteiger partial charge in [0.25, 0.3) is 5.91 Å². The Morgan fingerprint density at radius 3 is 2.41 bits per heavy atom. The molecule has 3 aromatic rings. The number of carbonyl (C=O) groups excluding carboxylic acids is 3. The van der Waals surface area contributed by atoms with E-state index in [4.69, 9.17) is 0 Å². The zero-order chi connectivity index (χ0) is 28.1. The highest BCUT2D eigenvalue weighted by molar-refractivity contribution is 6.05. The Kier molecular flexibility index (Phi) is 8.46. The van der Waals surface area contributed by atoms with Gasteiger partial charge in [0.1, 0.15) is 0 Å². The number of aromatic amines is 1. The van der Waals surface area contributed by atoms with Crippen molar-refractivity contribution in [2.75, 3.05) is 31.3 Å². The summed E-state index contributed by atoms with van der Waals surface area (Å²) in [4.78, 5) is 41.9. The molecule has 4 N–H and O–H groups in total.